The van der Waals surface area contributed by atoms with Crippen LogP contribution in [0.25, 0.3) is 0 Å². The van der Waals surface area contributed by atoms with E-state index >= 15 is 0 Å². The predicted octanol–water partition coefficient (Wildman–Crippen LogP) is 0.672. The Hall–Kier alpha value is -1.30. The van der Waals surface area contributed by atoms with E-state index in [0.717, 1.165) is 12.8 Å². The van der Waals surface area contributed by atoms with Gasteiger partial charge >= 0.3 is 12.0 Å². The maximum atomic E-state index is 11.8. The first-order valence-corrected chi connectivity index (χ1v) is 6.01. The average Bonchev–Trinajstić information content (AvgIpc) is 2.35. The molecule has 0 aromatic rings. The van der Waals surface area contributed by atoms with Gasteiger partial charge in [0.15, 0.2) is 0 Å². The number of aliphatic carboxylic acids is 1. The van der Waals surface area contributed by atoms with Crippen LogP contribution in [0.5, 0.6) is 0 Å². The van der Waals surface area contributed by atoms with Crippen molar-refractivity contribution in [2.45, 2.75) is 32.2 Å². The summed E-state index contributed by atoms with van der Waals surface area (Å²) in [6, 6.07) is -1.10. The van der Waals surface area contributed by atoms with E-state index in [2.05, 4.69) is 5.32 Å². The van der Waals surface area contributed by atoms with Crippen LogP contribution in [0.15, 0.2) is 0 Å². The molecule has 2 N–H and O–H groups in total. The number of ether oxygens (including phenoxy) is 1. The second-order valence-corrected chi connectivity index (χ2v) is 4.08. The number of rotatable bonds is 5. The fraction of sp³-hybridized carbons (Fsp3) is 0.818. The summed E-state index contributed by atoms with van der Waals surface area (Å²) in [6.45, 7) is 4.06. The topological polar surface area (TPSA) is 78.9 Å². The summed E-state index contributed by atoms with van der Waals surface area (Å²) in [4.78, 5) is 24.3. The molecule has 0 aromatic carbocycles. The minimum atomic E-state index is -0.972. The zero-order valence-corrected chi connectivity index (χ0v) is 10.1. The van der Waals surface area contributed by atoms with Gasteiger partial charge in [-0.2, -0.15) is 0 Å². The molecule has 17 heavy (non-hydrogen) atoms. The van der Waals surface area contributed by atoms with Crippen molar-refractivity contribution in [3.63, 3.8) is 0 Å². The normalized spacial score (nSPS) is 17.6. The van der Waals surface area contributed by atoms with Crippen molar-refractivity contribution in [3.8, 4) is 0 Å². The number of nitrogens with zero attached hydrogens (tertiary/aromatic N) is 1. The number of nitrogens with one attached hydrogen (secondary N) is 1. The zero-order chi connectivity index (χ0) is 12.7. The van der Waals surface area contributed by atoms with Crippen LogP contribution < -0.4 is 5.32 Å². The molecule has 1 fully saturated rings. The third kappa shape index (κ3) is 4.60. The number of carbonyl (C=O) groups excluding carboxylic acids is 1. The Bertz CT molecular complexity index is 264. The molecule has 1 rings (SSSR count). The van der Waals surface area contributed by atoms with Crippen molar-refractivity contribution in [3.05, 3.63) is 0 Å². The summed E-state index contributed by atoms with van der Waals surface area (Å²) >= 11 is 0. The van der Waals surface area contributed by atoms with Crippen molar-refractivity contribution in [2.24, 2.45) is 0 Å². The highest BCUT2D eigenvalue weighted by Crippen LogP contribution is 2.03. The summed E-state index contributed by atoms with van der Waals surface area (Å²) in [5.74, 6) is -0.972. The van der Waals surface area contributed by atoms with E-state index in [4.69, 9.17) is 9.84 Å². The lowest BCUT2D eigenvalue weighted by Crippen LogP contribution is -2.51. The number of hydrogen-bond acceptors (Lipinski definition) is 3. The van der Waals surface area contributed by atoms with Crippen LogP contribution in [0.3, 0.4) is 0 Å². The molecule has 0 radical (unpaired) electrons. The van der Waals surface area contributed by atoms with Crippen molar-refractivity contribution in [1.82, 2.24) is 10.2 Å². The molecule has 0 saturated carbocycles. The number of unbranched alkanes of at least 4 members (excludes halogenated alkanes) is 1. The Morgan fingerprint density at radius 3 is 2.59 bits per heavy atom. The second kappa shape index (κ2) is 7.11. The lowest BCUT2D eigenvalue weighted by Gasteiger charge is -2.28. The first-order valence-electron chi connectivity index (χ1n) is 6.01. The molecule has 1 saturated heterocycles. The Balaban J connectivity index is 2.42. The van der Waals surface area contributed by atoms with Gasteiger partial charge < -0.3 is 20.1 Å². The molecule has 1 aliphatic heterocycles. The van der Waals surface area contributed by atoms with E-state index in [1.807, 2.05) is 6.92 Å². The van der Waals surface area contributed by atoms with Crippen LogP contribution in [0, 0.1) is 0 Å². The van der Waals surface area contributed by atoms with Crippen LogP contribution >= 0.6 is 0 Å². The molecule has 1 heterocycles. The number of carboxylic acid groups (broad SMARTS) is 1. The number of urea groups is 1. The minimum Gasteiger partial charge on any atom is -0.480 e. The van der Waals surface area contributed by atoms with Crippen LogP contribution in [0.4, 0.5) is 4.79 Å². The van der Waals surface area contributed by atoms with E-state index in [1.165, 1.54) is 0 Å². The lowest BCUT2D eigenvalue weighted by atomic mass is 10.1. The molecule has 0 spiro atoms. The number of amides is 2. The highest BCUT2D eigenvalue weighted by molar-refractivity contribution is 5.82. The van der Waals surface area contributed by atoms with Gasteiger partial charge in [-0.05, 0) is 6.42 Å². The monoisotopic (exact) mass is 244 g/mol. The number of hydrogen-bond donors (Lipinski definition) is 2. The fourth-order valence-corrected chi connectivity index (χ4v) is 1.67. The highest BCUT2D eigenvalue weighted by atomic mass is 16.5. The van der Waals surface area contributed by atoms with E-state index in [-0.39, 0.29) is 6.03 Å². The van der Waals surface area contributed by atoms with E-state index in [1.54, 1.807) is 4.90 Å². The molecule has 6 nitrogen and oxygen atoms in total. The van der Waals surface area contributed by atoms with Gasteiger partial charge in [-0.25, -0.2) is 9.59 Å². The van der Waals surface area contributed by atoms with Gasteiger partial charge in [0.1, 0.15) is 6.04 Å². The largest absolute Gasteiger partial charge is 0.480 e. The van der Waals surface area contributed by atoms with Gasteiger partial charge in [0.25, 0.3) is 0 Å². The van der Waals surface area contributed by atoms with Crippen LogP contribution in [0.2, 0.25) is 0 Å². The van der Waals surface area contributed by atoms with Crippen molar-refractivity contribution < 1.29 is 19.4 Å². The van der Waals surface area contributed by atoms with Gasteiger partial charge in [0.2, 0.25) is 0 Å². The van der Waals surface area contributed by atoms with Gasteiger partial charge in [-0.3, -0.25) is 0 Å². The first-order chi connectivity index (χ1) is 8.15. The third-order valence-corrected chi connectivity index (χ3v) is 2.74. The Morgan fingerprint density at radius 1 is 1.41 bits per heavy atom. The maximum Gasteiger partial charge on any atom is 0.326 e. The fourth-order valence-electron chi connectivity index (χ4n) is 1.67. The molecular weight excluding hydrogens is 224 g/mol. The molecule has 1 unspecified atom stereocenters. The van der Waals surface area contributed by atoms with Crippen molar-refractivity contribution >= 4 is 12.0 Å². The number of carbonyl (C=O) groups is 2. The summed E-state index contributed by atoms with van der Waals surface area (Å²) in [5.41, 5.74) is 0. The number of carboxylic acids is 1. The molecule has 0 aliphatic carbocycles. The lowest BCUT2D eigenvalue weighted by molar-refractivity contribution is -0.139. The molecule has 1 atom stereocenters. The number of morpholine rings is 1. The Labute approximate surface area is 101 Å². The van der Waals surface area contributed by atoms with Crippen molar-refractivity contribution in [2.75, 3.05) is 26.3 Å². The molecule has 0 bridgehead atoms. The average molecular weight is 244 g/mol. The molecule has 0 aromatic heterocycles. The Kier molecular flexibility index (Phi) is 5.76. The molecule has 1 aliphatic rings. The maximum absolute atomic E-state index is 11.8. The quantitative estimate of drug-likeness (QED) is 0.745. The van der Waals surface area contributed by atoms with Crippen LogP contribution in [0.1, 0.15) is 26.2 Å². The van der Waals surface area contributed by atoms with Crippen LogP contribution in [-0.2, 0) is 9.53 Å². The minimum absolute atomic E-state index is 0.309. The van der Waals surface area contributed by atoms with Gasteiger partial charge in [-0.1, -0.05) is 19.8 Å². The molecule has 98 valence electrons. The standard InChI is InChI=1S/C11H20N2O4/c1-2-3-4-9(10(14)15)12-11(16)13-5-7-17-8-6-13/h9H,2-8H2,1H3,(H,12,16)(H,14,15). The first kappa shape index (κ1) is 13.8. The molecule has 2 amide bonds. The zero-order valence-electron chi connectivity index (χ0n) is 10.1. The smallest absolute Gasteiger partial charge is 0.326 e. The summed E-state index contributed by atoms with van der Waals surface area (Å²) in [5, 5.41) is 11.5. The molecular formula is C11H20N2O4. The van der Waals surface area contributed by atoms with E-state index < -0.39 is 12.0 Å². The van der Waals surface area contributed by atoms with Gasteiger partial charge in [0, 0.05) is 13.1 Å². The second-order valence-electron chi connectivity index (χ2n) is 4.08. The summed E-state index contributed by atoms with van der Waals surface area (Å²) in [7, 11) is 0. The van der Waals surface area contributed by atoms with E-state index in [9.17, 15) is 9.59 Å². The molecule has 6 heteroatoms. The SMILES string of the molecule is CCCCC(NC(=O)N1CCOCC1)C(=O)O. The highest BCUT2D eigenvalue weighted by Gasteiger charge is 2.23. The van der Waals surface area contributed by atoms with Crippen LogP contribution in [-0.4, -0.2) is 54.4 Å². The predicted molar refractivity (Wildman–Crippen MR) is 61.9 cm³/mol. The Morgan fingerprint density at radius 2 is 2.06 bits per heavy atom. The summed E-state index contributed by atoms with van der Waals surface area (Å²) < 4.78 is 5.13. The summed E-state index contributed by atoms with van der Waals surface area (Å²) in [6.07, 6.45) is 2.18. The van der Waals surface area contributed by atoms with Crippen molar-refractivity contribution in [1.29, 1.82) is 0 Å². The third-order valence-electron chi connectivity index (χ3n) is 2.74. The van der Waals surface area contributed by atoms with E-state index in [0.29, 0.717) is 32.7 Å². The van der Waals surface area contributed by atoms with Gasteiger partial charge in [-0.15, -0.1) is 0 Å². The van der Waals surface area contributed by atoms with Gasteiger partial charge in [0.05, 0.1) is 13.2 Å².